The minimum absolute atomic E-state index is 0.370. The first-order chi connectivity index (χ1) is 8.20. The lowest BCUT2D eigenvalue weighted by Gasteiger charge is -2.30. The Morgan fingerprint density at radius 1 is 1.24 bits per heavy atom. The third-order valence-electron chi connectivity index (χ3n) is 4.02. The summed E-state index contributed by atoms with van der Waals surface area (Å²) >= 11 is 0. The molecule has 0 aromatic carbocycles. The third-order valence-corrected chi connectivity index (χ3v) is 4.02. The zero-order valence-electron chi connectivity index (χ0n) is 10.8. The number of aliphatic hydroxyl groups is 1. The molecule has 17 heavy (non-hydrogen) atoms. The molecule has 94 valence electrons. The fraction of sp³-hybridized carbons (Fsp3) is 0.714. The molecule has 0 spiro atoms. The van der Waals surface area contributed by atoms with Crippen LogP contribution in [-0.4, -0.2) is 15.1 Å². The van der Waals surface area contributed by atoms with Crippen LogP contribution in [0.4, 0.5) is 0 Å². The normalized spacial score (nSPS) is 26.8. The second-order valence-corrected chi connectivity index (χ2v) is 5.22. The van der Waals surface area contributed by atoms with Crippen molar-refractivity contribution in [3.63, 3.8) is 0 Å². The smallest absolute Gasteiger partial charge is 0.100 e. The van der Waals surface area contributed by atoms with E-state index in [9.17, 15) is 5.11 Å². The molecule has 3 nitrogen and oxygen atoms in total. The molecular weight excluding hydrogens is 212 g/mol. The van der Waals surface area contributed by atoms with Gasteiger partial charge in [-0.1, -0.05) is 26.2 Å². The Hall–Kier alpha value is -0.960. The van der Waals surface area contributed by atoms with Gasteiger partial charge in [-0.3, -0.25) is 9.97 Å². The van der Waals surface area contributed by atoms with E-state index in [1.807, 2.05) is 6.92 Å². The van der Waals surface area contributed by atoms with Crippen molar-refractivity contribution in [3.05, 3.63) is 23.8 Å². The molecule has 1 saturated carbocycles. The van der Waals surface area contributed by atoms with Crippen LogP contribution in [0.15, 0.2) is 12.4 Å². The molecule has 0 saturated heterocycles. The summed E-state index contributed by atoms with van der Waals surface area (Å²) in [4.78, 5) is 8.48. The number of rotatable bonds is 3. The first-order valence-electron chi connectivity index (χ1n) is 6.67. The van der Waals surface area contributed by atoms with Gasteiger partial charge < -0.3 is 5.11 Å². The Kier molecular flexibility index (Phi) is 4.11. The fourth-order valence-corrected chi connectivity index (χ4v) is 2.71. The van der Waals surface area contributed by atoms with E-state index in [-0.39, 0.29) is 0 Å². The van der Waals surface area contributed by atoms with Gasteiger partial charge in [0.25, 0.3) is 0 Å². The predicted molar refractivity (Wildman–Crippen MR) is 67.5 cm³/mol. The van der Waals surface area contributed by atoms with E-state index in [0.717, 1.165) is 30.1 Å². The van der Waals surface area contributed by atoms with Crippen LogP contribution in [0.1, 0.15) is 56.5 Å². The summed E-state index contributed by atoms with van der Waals surface area (Å²) in [6, 6.07) is 0. The first kappa shape index (κ1) is 12.5. The number of nitrogens with zero attached hydrogens (tertiary/aromatic N) is 2. The van der Waals surface area contributed by atoms with E-state index >= 15 is 0 Å². The lowest BCUT2D eigenvalue weighted by Crippen LogP contribution is -2.21. The quantitative estimate of drug-likeness (QED) is 0.874. The standard InChI is InChI=1S/C14H22N2O/c1-3-11-4-6-12(7-5-11)14(17)13-9-15-10(2)8-16-13/h8-9,11-12,14,17H,3-7H2,1-2H3. The number of aromatic nitrogens is 2. The summed E-state index contributed by atoms with van der Waals surface area (Å²) in [5, 5.41) is 10.3. The Labute approximate surface area is 103 Å². The number of hydrogen-bond donors (Lipinski definition) is 1. The van der Waals surface area contributed by atoms with E-state index in [1.54, 1.807) is 12.4 Å². The van der Waals surface area contributed by atoms with Gasteiger partial charge in [-0.2, -0.15) is 0 Å². The minimum Gasteiger partial charge on any atom is -0.386 e. The van der Waals surface area contributed by atoms with Crippen LogP contribution in [0.3, 0.4) is 0 Å². The molecular formula is C14H22N2O. The SMILES string of the molecule is CCC1CCC(C(O)c2cnc(C)cn2)CC1. The molecule has 3 heteroatoms. The molecule has 1 atom stereocenters. The van der Waals surface area contributed by atoms with Gasteiger partial charge in [-0.15, -0.1) is 0 Å². The van der Waals surface area contributed by atoms with Crippen molar-refractivity contribution in [3.8, 4) is 0 Å². The molecule has 0 aliphatic heterocycles. The number of aryl methyl sites for hydroxylation is 1. The molecule has 0 amide bonds. The van der Waals surface area contributed by atoms with E-state index in [1.165, 1.54) is 19.3 Å². The second-order valence-electron chi connectivity index (χ2n) is 5.22. The van der Waals surface area contributed by atoms with Crippen LogP contribution in [0.5, 0.6) is 0 Å². The Morgan fingerprint density at radius 3 is 2.47 bits per heavy atom. The van der Waals surface area contributed by atoms with Crippen molar-refractivity contribution in [1.29, 1.82) is 0 Å². The summed E-state index contributed by atoms with van der Waals surface area (Å²) in [5.41, 5.74) is 1.63. The molecule has 1 N–H and O–H groups in total. The van der Waals surface area contributed by atoms with Crippen molar-refractivity contribution in [2.24, 2.45) is 11.8 Å². The molecule has 0 bridgehead atoms. The lowest BCUT2D eigenvalue weighted by atomic mass is 9.78. The van der Waals surface area contributed by atoms with E-state index < -0.39 is 6.10 Å². The van der Waals surface area contributed by atoms with Crippen LogP contribution in [-0.2, 0) is 0 Å². The van der Waals surface area contributed by atoms with E-state index in [2.05, 4.69) is 16.9 Å². The number of hydrogen-bond acceptors (Lipinski definition) is 3. The van der Waals surface area contributed by atoms with Crippen molar-refractivity contribution < 1.29 is 5.11 Å². The van der Waals surface area contributed by atoms with Crippen molar-refractivity contribution in [1.82, 2.24) is 9.97 Å². The topological polar surface area (TPSA) is 46.0 Å². The summed E-state index contributed by atoms with van der Waals surface area (Å²) in [5.74, 6) is 1.23. The Bertz CT molecular complexity index is 342. The molecule has 0 radical (unpaired) electrons. The molecule has 2 rings (SSSR count). The summed E-state index contributed by atoms with van der Waals surface area (Å²) in [6.07, 6.45) is 9.02. The summed E-state index contributed by atoms with van der Waals surface area (Å²) < 4.78 is 0. The maximum Gasteiger partial charge on any atom is 0.100 e. The van der Waals surface area contributed by atoms with Gasteiger partial charge in [0, 0.05) is 6.20 Å². The Morgan fingerprint density at radius 2 is 1.94 bits per heavy atom. The monoisotopic (exact) mass is 234 g/mol. The van der Waals surface area contributed by atoms with Gasteiger partial charge in [-0.05, 0) is 31.6 Å². The van der Waals surface area contributed by atoms with Crippen molar-refractivity contribution in [2.75, 3.05) is 0 Å². The average Bonchev–Trinajstić information content (AvgIpc) is 2.39. The van der Waals surface area contributed by atoms with Crippen LogP contribution < -0.4 is 0 Å². The van der Waals surface area contributed by atoms with Crippen LogP contribution in [0.2, 0.25) is 0 Å². The lowest BCUT2D eigenvalue weighted by molar-refractivity contribution is 0.0692. The van der Waals surface area contributed by atoms with Gasteiger partial charge in [0.15, 0.2) is 0 Å². The largest absolute Gasteiger partial charge is 0.386 e. The maximum absolute atomic E-state index is 10.3. The highest BCUT2D eigenvalue weighted by Gasteiger charge is 2.27. The van der Waals surface area contributed by atoms with Crippen molar-refractivity contribution in [2.45, 2.75) is 52.1 Å². The molecule has 1 aliphatic rings. The molecule has 1 aromatic rings. The van der Waals surface area contributed by atoms with Crippen molar-refractivity contribution >= 4 is 0 Å². The second kappa shape index (κ2) is 5.58. The minimum atomic E-state index is -0.430. The average molecular weight is 234 g/mol. The van der Waals surface area contributed by atoms with Gasteiger partial charge in [0.1, 0.15) is 6.10 Å². The molecule has 1 aliphatic carbocycles. The third kappa shape index (κ3) is 3.03. The number of aliphatic hydroxyl groups excluding tert-OH is 1. The highest BCUT2D eigenvalue weighted by molar-refractivity contribution is 5.05. The van der Waals surface area contributed by atoms with Gasteiger partial charge in [-0.25, -0.2) is 0 Å². The molecule has 1 unspecified atom stereocenters. The van der Waals surface area contributed by atoms with Gasteiger partial charge in [0.2, 0.25) is 0 Å². The van der Waals surface area contributed by atoms with Gasteiger partial charge in [0.05, 0.1) is 17.6 Å². The highest BCUT2D eigenvalue weighted by Crippen LogP contribution is 2.37. The maximum atomic E-state index is 10.3. The zero-order chi connectivity index (χ0) is 12.3. The summed E-state index contributed by atoms with van der Waals surface area (Å²) in [6.45, 7) is 4.17. The van der Waals surface area contributed by atoms with Gasteiger partial charge >= 0.3 is 0 Å². The molecule has 1 fully saturated rings. The zero-order valence-corrected chi connectivity index (χ0v) is 10.8. The van der Waals surface area contributed by atoms with Crippen LogP contribution >= 0.6 is 0 Å². The van der Waals surface area contributed by atoms with Crippen LogP contribution in [0, 0.1) is 18.8 Å². The van der Waals surface area contributed by atoms with E-state index in [0.29, 0.717) is 5.92 Å². The highest BCUT2D eigenvalue weighted by atomic mass is 16.3. The molecule has 1 heterocycles. The first-order valence-corrected chi connectivity index (χ1v) is 6.67. The van der Waals surface area contributed by atoms with Crippen LogP contribution in [0.25, 0.3) is 0 Å². The fourth-order valence-electron chi connectivity index (χ4n) is 2.71. The summed E-state index contributed by atoms with van der Waals surface area (Å²) in [7, 11) is 0. The predicted octanol–water partition coefficient (Wildman–Crippen LogP) is 3.03. The van der Waals surface area contributed by atoms with E-state index in [4.69, 9.17) is 0 Å². The molecule has 1 aromatic heterocycles. The Balaban J connectivity index is 1.96.